The largest absolute Gasteiger partial charge is 0.355 e. The van der Waals surface area contributed by atoms with E-state index in [1.54, 1.807) is 12.1 Å². The molecular weight excluding hydrogens is 302 g/mol. The molecule has 2 heterocycles. The van der Waals surface area contributed by atoms with Gasteiger partial charge in [0.15, 0.2) is 0 Å². The SMILES string of the molecule is CNC(=O)c1cccc2nnn(C3CCC(=O)NC3=O)c(=O)c12. The Morgan fingerprint density at radius 3 is 2.83 bits per heavy atom. The number of hydrogen-bond acceptors (Lipinski definition) is 6. The first-order chi connectivity index (χ1) is 11.0. The summed E-state index contributed by atoms with van der Waals surface area (Å²) in [6.45, 7) is 0. The van der Waals surface area contributed by atoms with Gasteiger partial charge in [0.25, 0.3) is 17.4 Å². The molecule has 0 saturated carbocycles. The number of rotatable bonds is 2. The number of carbonyl (C=O) groups excluding carboxylic acids is 3. The lowest BCUT2D eigenvalue weighted by Crippen LogP contribution is -2.45. The standard InChI is InChI=1S/C14H13N5O4/c1-15-12(21)7-3-2-4-8-11(7)14(23)19(18-17-8)9-5-6-10(20)16-13(9)22/h2-4,9H,5-6H2,1H3,(H,15,21)(H,16,20,22). The van der Waals surface area contributed by atoms with Crippen LogP contribution in [0, 0.1) is 0 Å². The highest BCUT2D eigenvalue weighted by molar-refractivity contribution is 6.05. The zero-order chi connectivity index (χ0) is 16.6. The number of hydrogen-bond donors (Lipinski definition) is 2. The summed E-state index contributed by atoms with van der Waals surface area (Å²) in [5.74, 6) is -1.43. The van der Waals surface area contributed by atoms with Crippen molar-refractivity contribution in [2.75, 3.05) is 7.05 Å². The van der Waals surface area contributed by atoms with Crippen LogP contribution in [0.3, 0.4) is 0 Å². The third-order valence-corrected chi connectivity index (χ3v) is 3.69. The lowest BCUT2D eigenvalue weighted by atomic mass is 10.1. The molecule has 0 bridgehead atoms. The Hall–Kier alpha value is -3.10. The minimum atomic E-state index is -0.921. The van der Waals surface area contributed by atoms with Gasteiger partial charge in [-0.15, -0.1) is 5.10 Å². The zero-order valence-electron chi connectivity index (χ0n) is 12.2. The molecule has 23 heavy (non-hydrogen) atoms. The van der Waals surface area contributed by atoms with Crippen LogP contribution in [0.1, 0.15) is 29.2 Å². The molecule has 0 spiro atoms. The van der Waals surface area contributed by atoms with Gasteiger partial charge >= 0.3 is 0 Å². The van der Waals surface area contributed by atoms with Gasteiger partial charge in [0, 0.05) is 13.5 Å². The number of aromatic nitrogens is 3. The molecule has 0 radical (unpaired) electrons. The van der Waals surface area contributed by atoms with E-state index in [2.05, 4.69) is 20.9 Å². The number of nitrogens with one attached hydrogen (secondary N) is 2. The van der Waals surface area contributed by atoms with Crippen LogP contribution < -0.4 is 16.2 Å². The molecule has 1 unspecified atom stereocenters. The van der Waals surface area contributed by atoms with Gasteiger partial charge < -0.3 is 5.32 Å². The first-order valence-corrected chi connectivity index (χ1v) is 6.97. The average Bonchev–Trinajstić information content (AvgIpc) is 2.55. The van der Waals surface area contributed by atoms with Gasteiger partial charge in [-0.2, -0.15) is 4.68 Å². The van der Waals surface area contributed by atoms with E-state index < -0.39 is 23.4 Å². The molecule has 3 amide bonds. The molecule has 9 heteroatoms. The second-order valence-corrected chi connectivity index (χ2v) is 5.08. The third kappa shape index (κ3) is 2.45. The predicted octanol–water partition coefficient (Wildman–Crippen LogP) is -0.871. The summed E-state index contributed by atoms with van der Waals surface area (Å²) >= 11 is 0. The summed E-state index contributed by atoms with van der Waals surface area (Å²) in [7, 11) is 1.45. The Labute approximate surface area is 129 Å². The van der Waals surface area contributed by atoms with Crippen LogP contribution in [-0.2, 0) is 9.59 Å². The highest BCUT2D eigenvalue weighted by Crippen LogP contribution is 2.18. The van der Waals surface area contributed by atoms with Crippen molar-refractivity contribution >= 4 is 28.6 Å². The number of benzene rings is 1. The van der Waals surface area contributed by atoms with Gasteiger partial charge in [-0.3, -0.25) is 24.5 Å². The summed E-state index contributed by atoms with van der Waals surface area (Å²) in [5, 5.41) is 12.4. The Kier molecular flexibility index (Phi) is 3.61. The van der Waals surface area contributed by atoms with Crippen LogP contribution in [0.15, 0.2) is 23.0 Å². The number of amides is 3. The van der Waals surface area contributed by atoms with Crippen LogP contribution >= 0.6 is 0 Å². The molecule has 1 aromatic heterocycles. The van der Waals surface area contributed by atoms with Crippen LogP contribution in [0.5, 0.6) is 0 Å². The molecular formula is C14H13N5O4. The van der Waals surface area contributed by atoms with Crippen molar-refractivity contribution in [2.24, 2.45) is 0 Å². The first kappa shape index (κ1) is 14.8. The number of imide groups is 1. The van der Waals surface area contributed by atoms with Crippen molar-refractivity contribution in [1.29, 1.82) is 0 Å². The number of carbonyl (C=O) groups is 3. The Bertz CT molecular complexity index is 888. The first-order valence-electron chi connectivity index (χ1n) is 6.97. The second-order valence-electron chi connectivity index (χ2n) is 5.08. The van der Waals surface area contributed by atoms with E-state index in [1.165, 1.54) is 13.1 Å². The molecule has 0 aliphatic carbocycles. The van der Waals surface area contributed by atoms with E-state index in [-0.39, 0.29) is 35.2 Å². The van der Waals surface area contributed by atoms with Crippen LogP contribution in [-0.4, -0.2) is 39.8 Å². The maximum atomic E-state index is 12.7. The van der Waals surface area contributed by atoms with E-state index in [0.717, 1.165) is 4.68 Å². The summed E-state index contributed by atoms with van der Waals surface area (Å²) in [5.41, 5.74) is -0.172. The van der Waals surface area contributed by atoms with Gasteiger partial charge in [0.2, 0.25) is 5.91 Å². The van der Waals surface area contributed by atoms with E-state index in [1.807, 2.05) is 0 Å². The average molecular weight is 315 g/mol. The lowest BCUT2D eigenvalue weighted by molar-refractivity contribution is -0.136. The quantitative estimate of drug-likeness (QED) is 0.694. The Balaban J connectivity index is 2.19. The lowest BCUT2D eigenvalue weighted by Gasteiger charge is -2.21. The summed E-state index contributed by atoms with van der Waals surface area (Å²) in [6.07, 6.45) is 0.270. The zero-order valence-corrected chi connectivity index (χ0v) is 12.2. The predicted molar refractivity (Wildman–Crippen MR) is 78.6 cm³/mol. The normalized spacial score (nSPS) is 17.9. The Morgan fingerprint density at radius 2 is 2.13 bits per heavy atom. The molecule has 1 aromatic carbocycles. The van der Waals surface area contributed by atoms with Gasteiger partial charge in [0.1, 0.15) is 11.6 Å². The van der Waals surface area contributed by atoms with E-state index in [9.17, 15) is 19.2 Å². The number of fused-ring (bicyclic) bond motifs is 1. The van der Waals surface area contributed by atoms with Crippen LogP contribution in [0.2, 0.25) is 0 Å². The number of piperidine rings is 1. The van der Waals surface area contributed by atoms with Gasteiger partial charge in [-0.25, -0.2) is 0 Å². The fourth-order valence-corrected chi connectivity index (χ4v) is 2.54. The topological polar surface area (TPSA) is 123 Å². The van der Waals surface area contributed by atoms with E-state index >= 15 is 0 Å². The van der Waals surface area contributed by atoms with Crippen molar-refractivity contribution in [1.82, 2.24) is 25.6 Å². The minimum Gasteiger partial charge on any atom is -0.355 e. The van der Waals surface area contributed by atoms with Crippen molar-refractivity contribution in [3.8, 4) is 0 Å². The van der Waals surface area contributed by atoms with E-state index in [0.29, 0.717) is 0 Å². The van der Waals surface area contributed by atoms with Crippen molar-refractivity contribution < 1.29 is 14.4 Å². The summed E-state index contributed by atoms with van der Waals surface area (Å²) < 4.78 is 0.927. The number of nitrogens with zero attached hydrogens (tertiary/aromatic N) is 3. The van der Waals surface area contributed by atoms with Crippen LogP contribution in [0.25, 0.3) is 10.9 Å². The van der Waals surface area contributed by atoms with Gasteiger partial charge in [-0.05, 0) is 18.6 Å². The molecule has 118 valence electrons. The molecule has 1 fully saturated rings. The molecule has 1 saturated heterocycles. The van der Waals surface area contributed by atoms with Crippen molar-refractivity contribution in [2.45, 2.75) is 18.9 Å². The fraction of sp³-hybridized carbons (Fsp3) is 0.286. The maximum absolute atomic E-state index is 12.7. The van der Waals surface area contributed by atoms with Crippen LogP contribution in [0.4, 0.5) is 0 Å². The third-order valence-electron chi connectivity index (χ3n) is 3.69. The molecule has 1 aliphatic rings. The molecule has 2 aromatic rings. The van der Waals surface area contributed by atoms with Crippen molar-refractivity contribution in [3.05, 3.63) is 34.1 Å². The summed E-state index contributed by atoms with van der Waals surface area (Å²) in [6, 6.07) is 3.73. The molecule has 1 aliphatic heterocycles. The maximum Gasteiger partial charge on any atom is 0.279 e. The minimum absolute atomic E-state index is 0.0894. The Morgan fingerprint density at radius 1 is 1.35 bits per heavy atom. The van der Waals surface area contributed by atoms with E-state index in [4.69, 9.17) is 0 Å². The van der Waals surface area contributed by atoms with Gasteiger partial charge in [0.05, 0.1) is 10.9 Å². The second kappa shape index (κ2) is 5.59. The monoisotopic (exact) mass is 315 g/mol. The molecule has 3 rings (SSSR count). The molecule has 1 atom stereocenters. The molecule has 9 nitrogen and oxygen atoms in total. The molecule has 2 N–H and O–H groups in total. The fourth-order valence-electron chi connectivity index (χ4n) is 2.54. The highest BCUT2D eigenvalue weighted by atomic mass is 16.2. The summed E-state index contributed by atoms with van der Waals surface area (Å²) in [4.78, 5) is 47.8. The van der Waals surface area contributed by atoms with Crippen molar-refractivity contribution in [3.63, 3.8) is 0 Å². The smallest absolute Gasteiger partial charge is 0.279 e. The van der Waals surface area contributed by atoms with Gasteiger partial charge in [-0.1, -0.05) is 11.3 Å². The highest BCUT2D eigenvalue weighted by Gasteiger charge is 2.30.